The summed E-state index contributed by atoms with van der Waals surface area (Å²) in [5.74, 6) is -0.279. The van der Waals surface area contributed by atoms with E-state index in [1.54, 1.807) is 13.8 Å². The molecule has 0 saturated carbocycles. The van der Waals surface area contributed by atoms with E-state index in [4.69, 9.17) is 4.84 Å². The molecule has 0 fully saturated rings. The number of nitrogens with zero attached hydrogens (tertiary/aromatic N) is 1. The summed E-state index contributed by atoms with van der Waals surface area (Å²) in [6.45, 7) is 3.73. The summed E-state index contributed by atoms with van der Waals surface area (Å²) in [5.41, 5.74) is 0.162. The van der Waals surface area contributed by atoms with E-state index in [0.29, 0.717) is 5.33 Å². The molecule has 0 heterocycles. The molecule has 1 rings (SSSR count). The highest BCUT2D eigenvalue weighted by molar-refractivity contribution is 9.10. The van der Waals surface area contributed by atoms with Gasteiger partial charge in [0.05, 0.1) is 12.0 Å². The Balaban J connectivity index is 3.00. The fourth-order valence-electron chi connectivity index (χ4n) is 1.47. The number of nitrogens with one attached hydrogen (secondary N) is 1. The fraction of sp³-hybridized carbons (Fsp3) is 0.429. The molecule has 1 N–H and O–H groups in total. The molecule has 0 aromatic heterocycles. The van der Waals surface area contributed by atoms with Crippen molar-refractivity contribution in [3.63, 3.8) is 0 Å². The number of hydrogen-bond donors (Lipinski definition) is 1. The Kier molecular flexibility index (Phi) is 6.67. The van der Waals surface area contributed by atoms with Crippen LogP contribution in [0.3, 0.4) is 0 Å². The summed E-state index contributed by atoms with van der Waals surface area (Å²) in [4.78, 5) is 29.1. The average Bonchev–Trinajstić information content (AvgIpc) is 2.47. The third kappa shape index (κ3) is 5.00. The van der Waals surface area contributed by atoms with Crippen LogP contribution in [0.4, 0.5) is 4.79 Å². The van der Waals surface area contributed by atoms with Crippen LogP contribution < -0.4 is 5.32 Å². The molecule has 0 unspecified atom stereocenters. The van der Waals surface area contributed by atoms with Crippen molar-refractivity contribution >= 4 is 43.9 Å². The molecule has 5 nitrogen and oxygen atoms in total. The summed E-state index contributed by atoms with van der Waals surface area (Å²) < 4.78 is 0.847. The lowest BCUT2D eigenvalue weighted by Crippen LogP contribution is -2.44. The molecule has 21 heavy (non-hydrogen) atoms. The Labute approximate surface area is 141 Å². The van der Waals surface area contributed by atoms with Crippen LogP contribution in [0, 0.1) is 5.41 Å². The number of carbonyl (C=O) groups excluding carboxylic acids is 2. The van der Waals surface area contributed by atoms with Gasteiger partial charge in [0, 0.05) is 16.9 Å². The van der Waals surface area contributed by atoms with E-state index in [1.165, 1.54) is 7.05 Å². The van der Waals surface area contributed by atoms with Gasteiger partial charge in [-0.05, 0) is 11.6 Å². The Hall–Kier alpha value is -1.08. The van der Waals surface area contributed by atoms with E-state index >= 15 is 0 Å². The maximum absolute atomic E-state index is 12.5. The smallest absolute Gasteiger partial charge is 0.323 e. The minimum Gasteiger partial charge on any atom is -0.323 e. The number of rotatable bonds is 4. The molecular weight excluding hydrogens is 404 g/mol. The van der Waals surface area contributed by atoms with Gasteiger partial charge in [0.1, 0.15) is 0 Å². The average molecular weight is 422 g/mol. The van der Waals surface area contributed by atoms with Crippen molar-refractivity contribution < 1.29 is 14.4 Å². The zero-order valence-electron chi connectivity index (χ0n) is 12.2. The number of amides is 2. The predicted octanol–water partition coefficient (Wildman–Crippen LogP) is 3.47. The molecular formula is C14H18Br2N2O3. The van der Waals surface area contributed by atoms with Crippen LogP contribution in [0.15, 0.2) is 28.7 Å². The standard InChI is InChI=1S/C14H18Br2N2O3/c1-14(2,9-15)12(19)18(21-13(20)17-3)8-10-6-4-5-7-11(10)16/h4-7H,8-9H2,1-3H3,(H,17,20). The van der Waals surface area contributed by atoms with Crippen molar-refractivity contribution in [3.8, 4) is 0 Å². The minimum atomic E-state index is -0.685. The second-order valence-electron chi connectivity index (χ2n) is 5.08. The van der Waals surface area contributed by atoms with Crippen LogP contribution in [0.2, 0.25) is 0 Å². The van der Waals surface area contributed by atoms with Gasteiger partial charge in [0.2, 0.25) is 0 Å². The van der Waals surface area contributed by atoms with Crippen LogP contribution >= 0.6 is 31.9 Å². The number of hydroxylamine groups is 2. The zero-order valence-corrected chi connectivity index (χ0v) is 15.3. The highest BCUT2D eigenvalue weighted by atomic mass is 79.9. The Morgan fingerprint density at radius 3 is 2.48 bits per heavy atom. The highest BCUT2D eigenvalue weighted by Gasteiger charge is 2.33. The van der Waals surface area contributed by atoms with Crippen molar-refractivity contribution in [1.82, 2.24) is 10.4 Å². The van der Waals surface area contributed by atoms with Crippen molar-refractivity contribution in [3.05, 3.63) is 34.3 Å². The highest BCUT2D eigenvalue weighted by Crippen LogP contribution is 2.25. The molecule has 2 amide bonds. The molecule has 116 valence electrons. The molecule has 0 bridgehead atoms. The first-order valence-corrected chi connectivity index (χ1v) is 8.24. The van der Waals surface area contributed by atoms with Crippen molar-refractivity contribution in [1.29, 1.82) is 0 Å². The summed E-state index contributed by atoms with van der Waals surface area (Å²) in [6.07, 6.45) is -0.680. The van der Waals surface area contributed by atoms with Crippen molar-refractivity contribution in [2.45, 2.75) is 20.4 Å². The van der Waals surface area contributed by atoms with E-state index in [9.17, 15) is 9.59 Å². The molecule has 0 aliphatic heterocycles. The van der Waals surface area contributed by atoms with Crippen LogP contribution in [-0.2, 0) is 16.2 Å². The zero-order chi connectivity index (χ0) is 16.0. The van der Waals surface area contributed by atoms with Crippen LogP contribution in [0.5, 0.6) is 0 Å². The van der Waals surface area contributed by atoms with E-state index < -0.39 is 11.5 Å². The predicted molar refractivity (Wildman–Crippen MR) is 87.8 cm³/mol. The number of carbonyl (C=O) groups is 2. The molecule has 0 atom stereocenters. The largest absolute Gasteiger partial charge is 0.431 e. The van der Waals surface area contributed by atoms with Crippen LogP contribution in [-0.4, -0.2) is 29.4 Å². The molecule has 7 heteroatoms. The Bertz CT molecular complexity index is 521. The Morgan fingerprint density at radius 1 is 1.33 bits per heavy atom. The summed E-state index contributed by atoms with van der Waals surface area (Å²) in [5, 5.41) is 3.89. The molecule has 0 aliphatic rings. The molecule has 1 aromatic carbocycles. The van der Waals surface area contributed by atoms with E-state index in [2.05, 4.69) is 37.2 Å². The molecule has 0 radical (unpaired) electrons. The van der Waals surface area contributed by atoms with Gasteiger partial charge < -0.3 is 10.2 Å². The number of alkyl halides is 1. The van der Waals surface area contributed by atoms with Crippen LogP contribution in [0.25, 0.3) is 0 Å². The maximum Gasteiger partial charge on any atom is 0.431 e. The lowest BCUT2D eigenvalue weighted by Gasteiger charge is -2.29. The third-order valence-corrected chi connectivity index (χ3v) is 4.98. The van der Waals surface area contributed by atoms with Gasteiger partial charge in [-0.3, -0.25) is 4.79 Å². The van der Waals surface area contributed by atoms with Gasteiger partial charge in [-0.25, -0.2) is 4.79 Å². The maximum atomic E-state index is 12.5. The topological polar surface area (TPSA) is 58.6 Å². The number of benzene rings is 1. The van der Waals surface area contributed by atoms with Crippen molar-refractivity contribution in [2.75, 3.05) is 12.4 Å². The lowest BCUT2D eigenvalue weighted by atomic mass is 9.95. The summed E-state index contributed by atoms with van der Waals surface area (Å²) >= 11 is 6.73. The third-order valence-electron chi connectivity index (χ3n) is 2.81. The Morgan fingerprint density at radius 2 is 1.95 bits per heavy atom. The second-order valence-corrected chi connectivity index (χ2v) is 6.49. The van der Waals surface area contributed by atoms with Crippen LogP contribution in [0.1, 0.15) is 19.4 Å². The first kappa shape index (κ1) is 18.0. The monoisotopic (exact) mass is 420 g/mol. The SMILES string of the molecule is CNC(=O)ON(Cc1ccccc1Br)C(=O)C(C)(C)CBr. The normalized spacial score (nSPS) is 10.9. The lowest BCUT2D eigenvalue weighted by molar-refractivity contribution is -0.177. The molecule has 1 aromatic rings. The summed E-state index contributed by atoms with van der Waals surface area (Å²) in [7, 11) is 1.44. The molecule has 0 saturated heterocycles. The number of hydrogen-bond acceptors (Lipinski definition) is 3. The second kappa shape index (κ2) is 7.79. The summed E-state index contributed by atoms with van der Waals surface area (Å²) in [6, 6.07) is 7.46. The molecule has 0 aliphatic carbocycles. The minimum absolute atomic E-state index is 0.171. The van der Waals surface area contributed by atoms with Gasteiger partial charge in [0.25, 0.3) is 5.91 Å². The van der Waals surface area contributed by atoms with Gasteiger partial charge in [-0.1, -0.05) is 63.9 Å². The van der Waals surface area contributed by atoms with Crippen molar-refractivity contribution in [2.24, 2.45) is 5.41 Å². The quantitative estimate of drug-likeness (QED) is 0.598. The van der Waals surface area contributed by atoms with E-state index in [0.717, 1.165) is 15.1 Å². The first-order valence-electron chi connectivity index (χ1n) is 6.33. The van der Waals surface area contributed by atoms with Gasteiger partial charge in [0.15, 0.2) is 0 Å². The number of halogens is 2. The van der Waals surface area contributed by atoms with Gasteiger partial charge >= 0.3 is 6.09 Å². The van der Waals surface area contributed by atoms with E-state index in [1.807, 2.05) is 24.3 Å². The fourth-order valence-corrected chi connectivity index (χ4v) is 2.12. The van der Waals surface area contributed by atoms with Gasteiger partial charge in [-0.15, -0.1) is 0 Å². The molecule has 0 spiro atoms. The van der Waals surface area contributed by atoms with Gasteiger partial charge in [-0.2, -0.15) is 5.06 Å². The first-order chi connectivity index (χ1) is 9.81. The van der Waals surface area contributed by atoms with E-state index in [-0.39, 0.29) is 12.5 Å².